The maximum atomic E-state index is 6.73. The Morgan fingerprint density at radius 3 is 1.33 bits per heavy atom. The predicted molar refractivity (Wildman–Crippen MR) is 125 cm³/mol. The molecule has 0 bridgehead atoms. The third kappa shape index (κ3) is 9.32. The standard InChI is InChI=1S/C17H42O5Si5/c1-7-13-23-18-24(14-8-2)20-26(16-10-4)22-27(12-6,17-11-5)21-25(19-23)15-9-3/h12,23-26H,6-11,13-17H2,1-5H3. The van der Waals surface area contributed by atoms with E-state index < -0.39 is 45.7 Å². The first-order valence-corrected chi connectivity index (χ1v) is 20.2. The van der Waals surface area contributed by atoms with E-state index in [1.807, 2.05) is 5.70 Å². The zero-order valence-electron chi connectivity index (χ0n) is 18.2. The van der Waals surface area contributed by atoms with Crippen molar-refractivity contribution in [1.29, 1.82) is 0 Å². The largest absolute Gasteiger partial charge is 0.420 e. The van der Waals surface area contributed by atoms with Crippen LogP contribution in [-0.2, 0) is 20.6 Å². The molecular weight excluding hydrogens is 425 g/mol. The summed E-state index contributed by atoms with van der Waals surface area (Å²) >= 11 is 0. The van der Waals surface area contributed by atoms with Crippen LogP contribution in [0.2, 0.25) is 30.2 Å². The molecule has 4 unspecified atom stereocenters. The normalized spacial score (nSPS) is 32.9. The van der Waals surface area contributed by atoms with Crippen LogP contribution in [0.25, 0.3) is 0 Å². The molecule has 1 aliphatic rings. The van der Waals surface area contributed by atoms with Gasteiger partial charge < -0.3 is 20.6 Å². The van der Waals surface area contributed by atoms with Crippen molar-refractivity contribution >= 4 is 45.7 Å². The summed E-state index contributed by atoms with van der Waals surface area (Å²) < 4.78 is 33.2. The van der Waals surface area contributed by atoms with Gasteiger partial charge in [0.2, 0.25) is 0 Å². The van der Waals surface area contributed by atoms with Crippen molar-refractivity contribution in [3.8, 4) is 0 Å². The van der Waals surface area contributed by atoms with Crippen LogP contribution in [0.4, 0.5) is 0 Å². The highest BCUT2D eigenvalue weighted by Crippen LogP contribution is 2.26. The Balaban J connectivity index is 3.17. The van der Waals surface area contributed by atoms with Crippen molar-refractivity contribution in [2.45, 2.75) is 96.9 Å². The summed E-state index contributed by atoms with van der Waals surface area (Å²) in [7, 11) is -9.58. The van der Waals surface area contributed by atoms with Gasteiger partial charge in [-0.05, 0) is 30.2 Å². The molecule has 1 aliphatic heterocycles. The van der Waals surface area contributed by atoms with Gasteiger partial charge in [-0.2, -0.15) is 0 Å². The zero-order chi connectivity index (χ0) is 20.1. The fraction of sp³-hybridized carbons (Fsp3) is 0.882. The number of rotatable bonds is 11. The molecule has 0 radical (unpaired) electrons. The van der Waals surface area contributed by atoms with Crippen LogP contribution in [0, 0.1) is 0 Å². The second-order valence-corrected chi connectivity index (χ2v) is 20.7. The van der Waals surface area contributed by atoms with Gasteiger partial charge in [0.1, 0.15) is 0 Å². The molecule has 0 aromatic rings. The van der Waals surface area contributed by atoms with Crippen molar-refractivity contribution in [1.82, 2.24) is 0 Å². The highest BCUT2D eigenvalue weighted by Gasteiger charge is 2.42. The van der Waals surface area contributed by atoms with Crippen molar-refractivity contribution in [2.24, 2.45) is 0 Å². The minimum atomic E-state index is -2.47. The van der Waals surface area contributed by atoms with Crippen molar-refractivity contribution in [2.75, 3.05) is 0 Å². The topological polar surface area (TPSA) is 46.2 Å². The summed E-state index contributed by atoms with van der Waals surface area (Å²) in [6, 6.07) is 5.08. The molecule has 1 saturated heterocycles. The average Bonchev–Trinajstić information content (AvgIpc) is 2.62. The molecule has 0 N–H and O–H groups in total. The van der Waals surface area contributed by atoms with E-state index in [1.165, 1.54) is 0 Å². The molecule has 0 aromatic carbocycles. The lowest BCUT2D eigenvalue weighted by molar-refractivity contribution is 0.268. The zero-order valence-corrected chi connectivity index (χ0v) is 23.8. The smallest absolute Gasteiger partial charge is 0.346 e. The number of hydrogen-bond donors (Lipinski definition) is 0. The second-order valence-electron chi connectivity index (χ2n) is 7.28. The van der Waals surface area contributed by atoms with E-state index in [4.69, 9.17) is 20.6 Å². The van der Waals surface area contributed by atoms with Crippen LogP contribution in [0.5, 0.6) is 0 Å². The van der Waals surface area contributed by atoms with Gasteiger partial charge in [0, 0.05) is 0 Å². The van der Waals surface area contributed by atoms with Gasteiger partial charge in [0.05, 0.1) is 0 Å². The van der Waals surface area contributed by atoms with Crippen molar-refractivity contribution in [3.05, 3.63) is 12.3 Å². The molecule has 0 saturated carbocycles. The molecule has 0 aliphatic carbocycles. The first kappa shape index (κ1) is 25.7. The van der Waals surface area contributed by atoms with Crippen LogP contribution in [0.1, 0.15) is 66.7 Å². The van der Waals surface area contributed by atoms with E-state index in [0.29, 0.717) is 0 Å². The first-order chi connectivity index (χ1) is 13.1. The number of hydrogen-bond acceptors (Lipinski definition) is 5. The van der Waals surface area contributed by atoms with E-state index in [0.717, 1.165) is 62.3 Å². The van der Waals surface area contributed by atoms with Gasteiger partial charge in [-0.3, -0.25) is 0 Å². The fourth-order valence-electron chi connectivity index (χ4n) is 3.23. The minimum Gasteiger partial charge on any atom is -0.420 e. The molecule has 160 valence electrons. The van der Waals surface area contributed by atoms with Gasteiger partial charge in [-0.25, -0.2) is 0 Å². The lowest BCUT2D eigenvalue weighted by Crippen LogP contribution is -2.54. The minimum absolute atomic E-state index is 0.949. The van der Waals surface area contributed by atoms with Gasteiger partial charge in [0.15, 0.2) is 0 Å². The maximum Gasteiger partial charge on any atom is 0.346 e. The van der Waals surface area contributed by atoms with Crippen LogP contribution in [-0.4, -0.2) is 45.7 Å². The Hall–Kier alpha value is 0.624. The molecule has 1 heterocycles. The van der Waals surface area contributed by atoms with E-state index in [9.17, 15) is 0 Å². The van der Waals surface area contributed by atoms with Gasteiger partial charge in [-0.15, -0.1) is 6.58 Å². The molecule has 0 spiro atoms. The summed E-state index contributed by atoms with van der Waals surface area (Å²) in [6.07, 6.45) is 5.41. The Morgan fingerprint density at radius 2 is 1.00 bits per heavy atom. The fourth-order valence-corrected chi connectivity index (χ4v) is 23.4. The molecule has 27 heavy (non-hydrogen) atoms. The Bertz CT molecular complexity index is 378. The molecule has 0 aromatic heterocycles. The van der Waals surface area contributed by atoms with Crippen LogP contribution >= 0.6 is 0 Å². The molecular formula is C17H42O5Si5. The van der Waals surface area contributed by atoms with Gasteiger partial charge >= 0.3 is 45.7 Å². The highest BCUT2D eigenvalue weighted by atomic mass is 28.5. The summed E-state index contributed by atoms with van der Waals surface area (Å²) in [5.74, 6) is 0. The van der Waals surface area contributed by atoms with Crippen LogP contribution < -0.4 is 0 Å². The van der Waals surface area contributed by atoms with E-state index in [2.05, 4.69) is 41.2 Å². The molecule has 5 nitrogen and oxygen atoms in total. The first-order valence-electron chi connectivity index (χ1n) is 11.0. The Kier molecular flexibility index (Phi) is 13.9. The summed E-state index contributed by atoms with van der Waals surface area (Å²) in [5.41, 5.74) is 2.00. The molecule has 0 amide bonds. The summed E-state index contributed by atoms with van der Waals surface area (Å²) in [5, 5.41) is 0. The van der Waals surface area contributed by atoms with Gasteiger partial charge in [0.25, 0.3) is 0 Å². The lowest BCUT2D eigenvalue weighted by atomic mass is 10.6. The van der Waals surface area contributed by atoms with Crippen molar-refractivity contribution < 1.29 is 20.6 Å². The van der Waals surface area contributed by atoms with Crippen molar-refractivity contribution in [3.63, 3.8) is 0 Å². The molecule has 10 heteroatoms. The summed E-state index contributed by atoms with van der Waals surface area (Å²) in [6.45, 7) is 15.2. The third-order valence-corrected chi connectivity index (χ3v) is 23.2. The Morgan fingerprint density at radius 1 is 0.630 bits per heavy atom. The van der Waals surface area contributed by atoms with Gasteiger partial charge in [-0.1, -0.05) is 72.4 Å². The third-order valence-electron chi connectivity index (χ3n) is 4.58. The van der Waals surface area contributed by atoms with Crippen LogP contribution in [0.15, 0.2) is 12.3 Å². The van der Waals surface area contributed by atoms with E-state index in [-0.39, 0.29) is 0 Å². The second kappa shape index (κ2) is 14.6. The van der Waals surface area contributed by atoms with E-state index >= 15 is 0 Å². The predicted octanol–water partition coefficient (Wildman–Crippen LogP) is 4.18. The lowest BCUT2D eigenvalue weighted by Gasteiger charge is -2.39. The summed E-state index contributed by atoms with van der Waals surface area (Å²) in [4.78, 5) is 0. The quantitative estimate of drug-likeness (QED) is 0.427. The molecule has 1 fully saturated rings. The molecule has 4 atom stereocenters. The Labute approximate surface area is 175 Å². The average molecular weight is 467 g/mol. The molecule has 1 rings (SSSR count). The monoisotopic (exact) mass is 466 g/mol. The highest BCUT2D eigenvalue weighted by molar-refractivity contribution is 6.84. The maximum absolute atomic E-state index is 6.73. The SMILES string of the molecule is C=C[Si]1(CCC)O[SiH](CCC)O[SiH](CCC)O[SiH](CCC)O[SiH](CCC)O1. The van der Waals surface area contributed by atoms with E-state index in [1.54, 1.807) is 0 Å². The van der Waals surface area contributed by atoms with Crippen LogP contribution in [0.3, 0.4) is 0 Å².